The zero-order chi connectivity index (χ0) is 21.6. The van der Waals surface area contributed by atoms with Crippen LogP contribution in [0.2, 0.25) is 0 Å². The molecular weight excluding hydrogens is 425 g/mol. The van der Waals surface area contributed by atoms with Crippen LogP contribution >= 0.6 is 11.8 Å². The molecule has 0 radical (unpaired) electrons. The second-order valence-electron chi connectivity index (χ2n) is 6.76. The van der Waals surface area contributed by atoms with Crippen molar-refractivity contribution in [3.05, 3.63) is 60.2 Å². The lowest BCUT2D eigenvalue weighted by Gasteiger charge is -2.29. The SMILES string of the molecule is CN(C[C@@H]1COc2ccccc2O1)C(=O)CSc1nnc(COc2ccc(F)cc2)o1. The van der Waals surface area contributed by atoms with Gasteiger partial charge in [0.15, 0.2) is 24.2 Å². The van der Waals surface area contributed by atoms with Crippen LogP contribution in [-0.4, -0.2) is 53.1 Å². The fraction of sp³-hybridized carbons (Fsp3) is 0.286. The zero-order valence-electron chi connectivity index (χ0n) is 16.7. The minimum absolute atomic E-state index is 0.0491. The van der Waals surface area contributed by atoms with E-state index in [0.29, 0.717) is 30.4 Å². The number of rotatable bonds is 8. The quantitative estimate of drug-likeness (QED) is 0.489. The number of fused-ring (bicyclic) bond motifs is 1. The Labute approximate surface area is 182 Å². The van der Waals surface area contributed by atoms with Crippen molar-refractivity contribution in [1.82, 2.24) is 15.1 Å². The first kappa shape index (κ1) is 21.0. The summed E-state index contributed by atoms with van der Waals surface area (Å²) in [6.45, 7) is 0.824. The molecule has 2 heterocycles. The maximum atomic E-state index is 12.9. The van der Waals surface area contributed by atoms with Crippen molar-refractivity contribution in [2.45, 2.75) is 17.9 Å². The summed E-state index contributed by atoms with van der Waals surface area (Å²) >= 11 is 1.14. The van der Waals surface area contributed by atoms with Gasteiger partial charge in [-0.05, 0) is 36.4 Å². The Balaban J connectivity index is 1.21. The van der Waals surface area contributed by atoms with E-state index in [4.69, 9.17) is 18.6 Å². The number of aromatic nitrogens is 2. The van der Waals surface area contributed by atoms with Crippen molar-refractivity contribution in [2.24, 2.45) is 0 Å². The number of halogens is 1. The van der Waals surface area contributed by atoms with Crippen LogP contribution in [0, 0.1) is 5.82 Å². The lowest BCUT2D eigenvalue weighted by molar-refractivity contribution is -0.128. The number of ether oxygens (including phenoxy) is 3. The summed E-state index contributed by atoms with van der Waals surface area (Å²) in [5, 5.41) is 8.06. The third-order valence-corrected chi connectivity index (χ3v) is 5.22. The highest BCUT2D eigenvalue weighted by Gasteiger charge is 2.24. The van der Waals surface area contributed by atoms with Crippen molar-refractivity contribution < 1.29 is 27.8 Å². The molecule has 0 N–H and O–H groups in total. The van der Waals surface area contributed by atoms with Gasteiger partial charge in [-0.1, -0.05) is 23.9 Å². The molecule has 2 aromatic carbocycles. The number of carbonyl (C=O) groups excluding carboxylic acids is 1. The van der Waals surface area contributed by atoms with Crippen LogP contribution < -0.4 is 14.2 Å². The summed E-state index contributed by atoms with van der Waals surface area (Å²) < 4.78 is 35.4. The van der Waals surface area contributed by atoms with E-state index in [9.17, 15) is 9.18 Å². The molecule has 8 nitrogen and oxygen atoms in total. The Hall–Kier alpha value is -3.27. The number of nitrogens with zero attached hydrogens (tertiary/aromatic N) is 3. The van der Waals surface area contributed by atoms with Gasteiger partial charge in [0.1, 0.15) is 18.2 Å². The average molecular weight is 445 g/mol. The van der Waals surface area contributed by atoms with Gasteiger partial charge in [0.25, 0.3) is 11.1 Å². The molecule has 1 aliphatic heterocycles. The molecule has 1 atom stereocenters. The first-order valence-corrected chi connectivity index (χ1v) is 10.5. The lowest BCUT2D eigenvalue weighted by Crippen LogP contribution is -2.42. The number of likely N-dealkylation sites (N-methyl/N-ethyl adjacent to an activating group) is 1. The lowest BCUT2D eigenvalue weighted by atomic mass is 10.2. The maximum absolute atomic E-state index is 12.9. The van der Waals surface area contributed by atoms with Crippen molar-refractivity contribution >= 4 is 17.7 Å². The molecule has 1 aliphatic rings. The largest absolute Gasteiger partial charge is 0.486 e. The van der Waals surface area contributed by atoms with Gasteiger partial charge in [0, 0.05) is 7.05 Å². The van der Waals surface area contributed by atoms with E-state index in [2.05, 4.69) is 10.2 Å². The van der Waals surface area contributed by atoms with E-state index in [1.807, 2.05) is 24.3 Å². The van der Waals surface area contributed by atoms with Gasteiger partial charge in [0.2, 0.25) is 5.91 Å². The highest BCUT2D eigenvalue weighted by atomic mass is 32.2. The van der Waals surface area contributed by atoms with Crippen LogP contribution in [0.4, 0.5) is 4.39 Å². The number of thioether (sulfide) groups is 1. The van der Waals surface area contributed by atoms with Crippen LogP contribution in [0.3, 0.4) is 0 Å². The van der Waals surface area contributed by atoms with Gasteiger partial charge >= 0.3 is 0 Å². The predicted molar refractivity (Wildman–Crippen MR) is 110 cm³/mol. The number of carbonyl (C=O) groups is 1. The fourth-order valence-electron chi connectivity index (χ4n) is 2.82. The molecule has 1 aromatic heterocycles. The first-order valence-electron chi connectivity index (χ1n) is 9.53. The summed E-state index contributed by atoms with van der Waals surface area (Å²) in [7, 11) is 1.71. The third kappa shape index (κ3) is 5.66. The average Bonchev–Trinajstić information content (AvgIpc) is 3.25. The minimum Gasteiger partial charge on any atom is -0.486 e. The summed E-state index contributed by atoms with van der Waals surface area (Å²) in [5.41, 5.74) is 0. The minimum atomic E-state index is -0.342. The maximum Gasteiger partial charge on any atom is 0.277 e. The smallest absolute Gasteiger partial charge is 0.277 e. The molecule has 0 spiro atoms. The van der Waals surface area contributed by atoms with Crippen molar-refractivity contribution in [1.29, 1.82) is 0 Å². The van der Waals surface area contributed by atoms with Crippen LogP contribution in [-0.2, 0) is 11.4 Å². The molecule has 0 aliphatic carbocycles. The number of para-hydroxylation sites is 2. The summed E-state index contributed by atoms with van der Waals surface area (Å²) in [4.78, 5) is 14.0. The van der Waals surface area contributed by atoms with Crippen molar-refractivity contribution in [2.75, 3.05) is 26.0 Å². The summed E-state index contributed by atoms with van der Waals surface area (Å²) in [6.07, 6.45) is -0.243. The first-order chi connectivity index (χ1) is 15.1. The summed E-state index contributed by atoms with van der Waals surface area (Å²) in [6, 6.07) is 13.1. The van der Waals surface area contributed by atoms with Crippen molar-refractivity contribution in [3.8, 4) is 17.2 Å². The Morgan fingerprint density at radius 3 is 2.77 bits per heavy atom. The fourth-order valence-corrected chi connectivity index (χ4v) is 3.55. The van der Waals surface area contributed by atoms with E-state index in [1.54, 1.807) is 11.9 Å². The van der Waals surface area contributed by atoms with Gasteiger partial charge in [-0.2, -0.15) is 0 Å². The molecule has 4 rings (SSSR count). The summed E-state index contributed by atoms with van der Waals surface area (Å²) in [5.74, 6) is 1.83. The van der Waals surface area contributed by atoms with Gasteiger partial charge in [-0.25, -0.2) is 4.39 Å². The zero-order valence-corrected chi connectivity index (χ0v) is 17.5. The molecule has 10 heteroatoms. The highest BCUT2D eigenvalue weighted by molar-refractivity contribution is 7.99. The molecule has 31 heavy (non-hydrogen) atoms. The molecule has 0 saturated carbocycles. The van der Waals surface area contributed by atoms with Crippen LogP contribution in [0.15, 0.2) is 58.2 Å². The van der Waals surface area contributed by atoms with E-state index in [1.165, 1.54) is 24.3 Å². The van der Waals surface area contributed by atoms with Crippen molar-refractivity contribution in [3.63, 3.8) is 0 Å². The molecule has 1 amide bonds. The number of benzene rings is 2. The van der Waals surface area contributed by atoms with Gasteiger partial charge in [0.05, 0.1) is 12.3 Å². The molecule has 0 saturated heterocycles. The normalized spacial score (nSPS) is 14.8. The van der Waals surface area contributed by atoms with E-state index in [0.717, 1.165) is 11.8 Å². The van der Waals surface area contributed by atoms with E-state index < -0.39 is 0 Å². The molecule has 0 fully saturated rings. The van der Waals surface area contributed by atoms with Gasteiger partial charge in [-0.15, -0.1) is 10.2 Å². The standard InChI is InChI=1S/C21H20FN3O5S/c1-25(10-16-11-28-17-4-2-3-5-18(17)29-16)20(26)13-31-21-24-23-19(30-21)12-27-15-8-6-14(22)7-9-15/h2-9,16H,10-13H2,1H3/t16-/m1/s1. The van der Waals surface area contributed by atoms with Crippen LogP contribution in [0.25, 0.3) is 0 Å². The highest BCUT2D eigenvalue weighted by Crippen LogP contribution is 2.31. The molecular formula is C21H20FN3O5S. The Morgan fingerprint density at radius 1 is 1.19 bits per heavy atom. The predicted octanol–water partition coefficient (Wildman–Crippen LogP) is 3.18. The Bertz CT molecular complexity index is 1030. The van der Waals surface area contributed by atoms with E-state index in [-0.39, 0.29) is 41.3 Å². The molecule has 162 valence electrons. The third-order valence-electron chi connectivity index (χ3n) is 4.41. The van der Waals surface area contributed by atoms with Gasteiger partial charge in [-0.3, -0.25) is 4.79 Å². The van der Waals surface area contributed by atoms with E-state index >= 15 is 0 Å². The molecule has 0 bridgehead atoms. The van der Waals surface area contributed by atoms with Crippen LogP contribution in [0.5, 0.6) is 17.2 Å². The second kappa shape index (κ2) is 9.69. The second-order valence-corrected chi connectivity index (χ2v) is 7.69. The van der Waals surface area contributed by atoms with Gasteiger partial charge < -0.3 is 23.5 Å². The number of amides is 1. The Kier molecular flexibility index (Phi) is 6.56. The topological polar surface area (TPSA) is 86.9 Å². The monoisotopic (exact) mass is 445 g/mol. The molecule has 0 unspecified atom stereocenters. The molecule has 3 aromatic rings. The number of hydrogen-bond acceptors (Lipinski definition) is 8. The Morgan fingerprint density at radius 2 is 1.97 bits per heavy atom. The van der Waals surface area contributed by atoms with Crippen LogP contribution in [0.1, 0.15) is 5.89 Å². The number of hydrogen-bond donors (Lipinski definition) is 0.